The molecule has 0 spiro atoms. The van der Waals surface area contributed by atoms with E-state index in [0.717, 1.165) is 23.2 Å². The number of benzene rings is 2. The maximum atomic E-state index is 5.89. The lowest BCUT2D eigenvalue weighted by Gasteiger charge is -2.21. The molecule has 2 nitrogen and oxygen atoms in total. The molecule has 0 aliphatic heterocycles. The predicted molar refractivity (Wildman–Crippen MR) is 92.0 cm³/mol. The second kappa shape index (κ2) is 7.62. The van der Waals surface area contributed by atoms with E-state index in [-0.39, 0.29) is 6.04 Å². The van der Waals surface area contributed by atoms with Crippen LogP contribution in [0.1, 0.15) is 36.1 Å². The molecular formula is C18H22BrNO. The minimum Gasteiger partial charge on any atom is -0.493 e. The highest BCUT2D eigenvalue weighted by atomic mass is 79.9. The van der Waals surface area contributed by atoms with Crippen molar-refractivity contribution < 1.29 is 4.74 Å². The van der Waals surface area contributed by atoms with Crippen molar-refractivity contribution in [2.24, 2.45) is 0 Å². The maximum Gasteiger partial charge on any atom is 0.124 e. The van der Waals surface area contributed by atoms with E-state index >= 15 is 0 Å². The van der Waals surface area contributed by atoms with Crippen molar-refractivity contribution in [3.05, 3.63) is 63.6 Å². The first-order valence-electron chi connectivity index (χ1n) is 7.32. The van der Waals surface area contributed by atoms with Crippen molar-refractivity contribution in [3.8, 4) is 5.75 Å². The Balaban J connectivity index is 2.38. The highest BCUT2D eigenvalue weighted by Gasteiger charge is 2.17. The molecule has 0 amide bonds. The fraction of sp³-hybridized carbons (Fsp3) is 0.333. The minimum atomic E-state index is 0.120. The summed E-state index contributed by atoms with van der Waals surface area (Å²) in [6.45, 7) is 4.96. The first-order valence-corrected chi connectivity index (χ1v) is 8.11. The van der Waals surface area contributed by atoms with Gasteiger partial charge in [0.15, 0.2) is 0 Å². The molecule has 0 aliphatic carbocycles. The van der Waals surface area contributed by atoms with Crippen LogP contribution in [0.2, 0.25) is 0 Å². The van der Waals surface area contributed by atoms with Crippen LogP contribution in [0.15, 0.2) is 46.9 Å². The van der Waals surface area contributed by atoms with E-state index in [1.165, 1.54) is 16.7 Å². The van der Waals surface area contributed by atoms with Crippen molar-refractivity contribution >= 4 is 15.9 Å². The van der Waals surface area contributed by atoms with Gasteiger partial charge in [-0.3, -0.25) is 0 Å². The summed E-state index contributed by atoms with van der Waals surface area (Å²) in [7, 11) is 1.98. The second-order valence-corrected chi connectivity index (χ2v) is 5.97. The number of halogens is 1. The van der Waals surface area contributed by atoms with Crippen LogP contribution < -0.4 is 10.1 Å². The van der Waals surface area contributed by atoms with Gasteiger partial charge < -0.3 is 10.1 Å². The van der Waals surface area contributed by atoms with E-state index < -0.39 is 0 Å². The SMILES string of the molecule is CCCOc1ccccc1C(NC)c1ccc(C)c(Br)c1. The molecule has 21 heavy (non-hydrogen) atoms. The summed E-state index contributed by atoms with van der Waals surface area (Å²) in [5.41, 5.74) is 3.64. The maximum absolute atomic E-state index is 5.89. The summed E-state index contributed by atoms with van der Waals surface area (Å²) >= 11 is 3.62. The van der Waals surface area contributed by atoms with Crippen LogP contribution in [-0.2, 0) is 0 Å². The smallest absolute Gasteiger partial charge is 0.124 e. The van der Waals surface area contributed by atoms with Gasteiger partial charge in [-0.05, 0) is 43.7 Å². The Bertz CT molecular complexity index is 598. The van der Waals surface area contributed by atoms with Gasteiger partial charge in [-0.2, -0.15) is 0 Å². The fourth-order valence-corrected chi connectivity index (χ4v) is 2.75. The van der Waals surface area contributed by atoms with E-state index in [9.17, 15) is 0 Å². The Morgan fingerprint density at radius 1 is 1.19 bits per heavy atom. The Hall–Kier alpha value is -1.32. The lowest BCUT2D eigenvalue weighted by atomic mass is 9.97. The van der Waals surface area contributed by atoms with Crippen LogP contribution in [0.5, 0.6) is 5.75 Å². The van der Waals surface area contributed by atoms with Crippen molar-refractivity contribution in [2.75, 3.05) is 13.7 Å². The summed E-state index contributed by atoms with van der Waals surface area (Å²) in [6, 6.07) is 14.8. The monoisotopic (exact) mass is 347 g/mol. The molecule has 1 unspecified atom stereocenters. The van der Waals surface area contributed by atoms with Gasteiger partial charge in [0.25, 0.3) is 0 Å². The normalized spacial score (nSPS) is 12.2. The van der Waals surface area contributed by atoms with Crippen LogP contribution in [0.4, 0.5) is 0 Å². The number of hydrogen-bond acceptors (Lipinski definition) is 2. The zero-order chi connectivity index (χ0) is 15.2. The number of hydrogen-bond donors (Lipinski definition) is 1. The molecular weight excluding hydrogens is 326 g/mol. The molecule has 0 heterocycles. The fourth-order valence-electron chi connectivity index (χ4n) is 2.35. The molecule has 2 rings (SSSR count). The molecule has 0 saturated heterocycles. The van der Waals surface area contributed by atoms with Gasteiger partial charge in [0, 0.05) is 10.0 Å². The van der Waals surface area contributed by atoms with Crippen LogP contribution in [-0.4, -0.2) is 13.7 Å². The third-order valence-electron chi connectivity index (χ3n) is 3.51. The van der Waals surface area contributed by atoms with E-state index in [1.807, 2.05) is 19.2 Å². The van der Waals surface area contributed by atoms with Gasteiger partial charge in [-0.25, -0.2) is 0 Å². The summed E-state index contributed by atoms with van der Waals surface area (Å²) in [5.74, 6) is 0.954. The number of rotatable bonds is 6. The number of aryl methyl sites for hydroxylation is 1. The number of nitrogens with one attached hydrogen (secondary N) is 1. The zero-order valence-electron chi connectivity index (χ0n) is 12.8. The molecule has 1 atom stereocenters. The summed E-state index contributed by atoms with van der Waals surface area (Å²) in [4.78, 5) is 0. The highest BCUT2D eigenvalue weighted by molar-refractivity contribution is 9.10. The summed E-state index contributed by atoms with van der Waals surface area (Å²) < 4.78 is 7.02. The lowest BCUT2D eigenvalue weighted by Crippen LogP contribution is -2.18. The van der Waals surface area contributed by atoms with Crippen molar-refractivity contribution in [1.29, 1.82) is 0 Å². The third-order valence-corrected chi connectivity index (χ3v) is 4.36. The highest BCUT2D eigenvalue weighted by Crippen LogP contribution is 2.31. The van der Waals surface area contributed by atoms with Gasteiger partial charge >= 0.3 is 0 Å². The number of ether oxygens (including phenoxy) is 1. The molecule has 3 heteroatoms. The van der Waals surface area contributed by atoms with Crippen molar-refractivity contribution in [1.82, 2.24) is 5.32 Å². The average Bonchev–Trinajstić information content (AvgIpc) is 2.50. The van der Waals surface area contributed by atoms with Crippen LogP contribution in [0, 0.1) is 6.92 Å². The van der Waals surface area contributed by atoms with Crippen LogP contribution >= 0.6 is 15.9 Å². The van der Waals surface area contributed by atoms with Crippen LogP contribution in [0.3, 0.4) is 0 Å². The summed E-state index contributed by atoms with van der Waals surface area (Å²) in [5, 5.41) is 3.40. The molecule has 0 saturated carbocycles. The molecule has 0 aliphatic rings. The average molecular weight is 348 g/mol. The number of para-hydroxylation sites is 1. The molecule has 112 valence electrons. The molecule has 0 aromatic heterocycles. The Labute approximate surface area is 135 Å². The molecule has 2 aromatic rings. The lowest BCUT2D eigenvalue weighted by molar-refractivity contribution is 0.312. The standard InChI is InChI=1S/C18H22BrNO/c1-4-11-21-17-8-6-5-7-15(17)18(20-3)14-10-9-13(2)16(19)12-14/h5-10,12,18,20H,4,11H2,1-3H3. The Kier molecular flexibility index (Phi) is 5.83. The third kappa shape index (κ3) is 3.86. The largest absolute Gasteiger partial charge is 0.493 e. The second-order valence-electron chi connectivity index (χ2n) is 5.12. The van der Waals surface area contributed by atoms with E-state index in [1.54, 1.807) is 0 Å². The first-order chi connectivity index (χ1) is 10.2. The molecule has 0 radical (unpaired) electrons. The van der Waals surface area contributed by atoms with Crippen molar-refractivity contribution in [3.63, 3.8) is 0 Å². The summed E-state index contributed by atoms with van der Waals surface area (Å²) in [6.07, 6.45) is 1.01. The van der Waals surface area contributed by atoms with Gasteiger partial charge in [-0.1, -0.05) is 53.2 Å². The predicted octanol–water partition coefficient (Wildman–Crippen LogP) is 4.86. The Morgan fingerprint density at radius 2 is 1.95 bits per heavy atom. The zero-order valence-corrected chi connectivity index (χ0v) is 14.4. The van der Waals surface area contributed by atoms with E-state index in [0.29, 0.717) is 0 Å². The quantitative estimate of drug-likeness (QED) is 0.805. The van der Waals surface area contributed by atoms with Gasteiger partial charge in [0.05, 0.1) is 12.6 Å². The van der Waals surface area contributed by atoms with E-state index in [4.69, 9.17) is 4.74 Å². The first kappa shape index (κ1) is 16.1. The molecule has 1 N–H and O–H groups in total. The van der Waals surface area contributed by atoms with Gasteiger partial charge in [0.2, 0.25) is 0 Å². The van der Waals surface area contributed by atoms with Crippen molar-refractivity contribution in [2.45, 2.75) is 26.3 Å². The minimum absolute atomic E-state index is 0.120. The van der Waals surface area contributed by atoms with Gasteiger partial charge in [0.1, 0.15) is 5.75 Å². The topological polar surface area (TPSA) is 21.3 Å². The van der Waals surface area contributed by atoms with Crippen LogP contribution in [0.25, 0.3) is 0 Å². The Morgan fingerprint density at radius 3 is 2.62 bits per heavy atom. The molecule has 0 fully saturated rings. The molecule has 0 bridgehead atoms. The van der Waals surface area contributed by atoms with Gasteiger partial charge in [-0.15, -0.1) is 0 Å². The molecule has 2 aromatic carbocycles. The van der Waals surface area contributed by atoms with E-state index in [2.05, 4.69) is 65.4 Å².